The molecule has 0 unspecified atom stereocenters. The molecule has 0 aliphatic carbocycles. The van der Waals surface area contributed by atoms with Gasteiger partial charge in [-0.1, -0.05) is 48.5 Å². The largest absolute Gasteiger partial charge is 0.416 e. The van der Waals surface area contributed by atoms with Gasteiger partial charge >= 0.3 is 6.18 Å². The molecule has 0 aliphatic rings. The van der Waals surface area contributed by atoms with Gasteiger partial charge in [0, 0.05) is 23.1 Å². The number of Topliss-reactive ketones (excluding diaryl/α,β-unsaturated/α-hetero) is 1. The number of nitrogens with one attached hydrogen (secondary N) is 1. The van der Waals surface area contributed by atoms with Crippen molar-refractivity contribution in [2.45, 2.75) is 19.1 Å². The van der Waals surface area contributed by atoms with Crippen LogP contribution in [0.3, 0.4) is 0 Å². The lowest BCUT2D eigenvalue weighted by Gasteiger charge is -2.08. The molecule has 3 nitrogen and oxygen atoms in total. The van der Waals surface area contributed by atoms with Crippen LogP contribution < -0.4 is 4.80 Å². The molecule has 0 amide bonds. The Morgan fingerprint density at radius 3 is 2.50 bits per heavy atom. The maximum Gasteiger partial charge on any atom is 0.416 e. The molecule has 1 N–H and O–H groups in total. The van der Waals surface area contributed by atoms with E-state index in [1.165, 1.54) is 10.6 Å². The van der Waals surface area contributed by atoms with Crippen LogP contribution in [-0.2, 0) is 19.1 Å². The second-order valence-corrected chi connectivity index (χ2v) is 6.91. The van der Waals surface area contributed by atoms with Crippen LogP contribution in [0.15, 0.2) is 60.8 Å². The first kappa shape index (κ1) is 18.1. The van der Waals surface area contributed by atoms with E-state index >= 15 is 0 Å². The highest BCUT2D eigenvalue weighted by atomic mass is 32.1. The number of hydrogen-bond donors (Lipinski definition) is 1. The van der Waals surface area contributed by atoms with Crippen LogP contribution in [0.25, 0.3) is 0 Å². The van der Waals surface area contributed by atoms with E-state index in [0.29, 0.717) is 11.1 Å². The third-order valence-corrected chi connectivity index (χ3v) is 4.77. The predicted molar refractivity (Wildman–Crippen MR) is 93.2 cm³/mol. The molecule has 2 aromatic carbocycles. The molecule has 0 spiro atoms. The Morgan fingerprint density at radius 1 is 1.08 bits per heavy atom. The summed E-state index contributed by atoms with van der Waals surface area (Å²) in [6, 6.07) is 13.9. The Kier molecular flexibility index (Phi) is 5.08. The molecular formula is C19H15F3N2OS. The quantitative estimate of drug-likeness (QED) is 0.654. The molecule has 0 fully saturated rings. The van der Waals surface area contributed by atoms with Gasteiger partial charge in [0.2, 0.25) is 0 Å². The molecule has 0 bridgehead atoms. The van der Waals surface area contributed by atoms with Crippen LogP contribution in [0.4, 0.5) is 13.2 Å². The smallest absolute Gasteiger partial charge is 0.316 e. The number of carbonyl (C=O) groups excluding carboxylic acids is 1. The fraction of sp³-hybridized carbons (Fsp3) is 0.158. The van der Waals surface area contributed by atoms with Gasteiger partial charge in [0.1, 0.15) is 0 Å². The van der Waals surface area contributed by atoms with Crippen LogP contribution >= 0.6 is 11.3 Å². The lowest BCUT2D eigenvalue weighted by Crippen LogP contribution is -2.18. The van der Waals surface area contributed by atoms with Crippen LogP contribution in [0.5, 0.6) is 0 Å². The molecule has 1 heterocycles. The van der Waals surface area contributed by atoms with Crippen molar-refractivity contribution < 1.29 is 18.0 Å². The Labute approximate surface area is 151 Å². The summed E-state index contributed by atoms with van der Waals surface area (Å²) in [7, 11) is 0. The van der Waals surface area contributed by atoms with E-state index < -0.39 is 11.7 Å². The summed E-state index contributed by atoms with van der Waals surface area (Å²) in [5.74, 6) is -0.118. The number of halogens is 3. The summed E-state index contributed by atoms with van der Waals surface area (Å²) in [6.07, 6.45) is -2.44. The Bertz CT molecular complexity index is 974. The van der Waals surface area contributed by atoms with Crippen molar-refractivity contribution in [1.82, 2.24) is 4.57 Å². The zero-order chi connectivity index (χ0) is 18.7. The van der Waals surface area contributed by atoms with E-state index in [2.05, 4.69) is 0 Å². The second kappa shape index (κ2) is 7.29. The van der Waals surface area contributed by atoms with Crippen molar-refractivity contribution in [2.24, 2.45) is 0 Å². The lowest BCUT2D eigenvalue weighted by atomic mass is 10.1. The third kappa shape index (κ3) is 4.29. The maximum atomic E-state index is 12.8. The standard InChI is InChI=1S/C19H15F3N2OS/c20-19(21,22)15-8-4-5-13(9-15)10-16-11-24(18(23)26-16)12-17(25)14-6-2-1-3-7-14/h1-9,11,23H,10,12H2. The fourth-order valence-corrected chi connectivity index (χ4v) is 3.47. The molecular weight excluding hydrogens is 361 g/mol. The summed E-state index contributed by atoms with van der Waals surface area (Å²) >= 11 is 1.16. The minimum Gasteiger partial charge on any atom is -0.316 e. The van der Waals surface area contributed by atoms with Gasteiger partial charge in [-0.3, -0.25) is 10.2 Å². The number of rotatable bonds is 5. The number of hydrogen-bond acceptors (Lipinski definition) is 3. The van der Waals surface area contributed by atoms with Gasteiger partial charge in [0.25, 0.3) is 0 Å². The second-order valence-electron chi connectivity index (χ2n) is 5.79. The normalized spacial score (nSPS) is 11.5. The minimum absolute atomic E-state index is 0.0297. The van der Waals surface area contributed by atoms with Crippen molar-refractivity contribution in [2.75, 3.05) is 0 Å². The van der Waals surface area contributed by atoms with Crippen LogP contribution in [0.1, 0.15) is 26.4 Å². The van der Waals surface area contributed by atoms with Gasteiger partial charge in [-0.2, -0.15) is 13.2 Å². The first-order valence-corrected chi connectivity index (χ1v) is 8.63. The minimum atomic E-state index is -4.38. The van der Waals surface area contributed by atoms with Gasteiger partial charge in [0.05, 0.1) is 12.1 Å². The molecule has 0 aliphatic heterocycles. The van der Waals surface area contributed by atoms with Gasteiger partial charge < -0.3 is 4.57 Å². The average Bonchev–Trinajstić information content (AvgIpc) is 2.94. The van der Waals surface area contributed by atoms with Gasteiger partial charge in [-0.25, -0.2) is 0 Å². The number of nitrogens with zero attached hydrogens (tertiary/aromatic N) is 1. The number of thiazole rings is 1. The average molecular weight is 376 g/mol. The van der Waals surface area contributed by atoms with Crippen LogP contribution in [-0.4, -0.2) is 10.4 Å². The Hall–Kier alpha value is -2.67. The van der Waals surface area contributed by atoms with Gasteiger partial charge in [-0.05, 0) is 11.6 Å². The number of benzene rings is 2. The maximum absolute atomic E-state index is 12.8. The highest BCUT2D eigenvalue weighted by molar-refractivity contribution is 7.09. The van der Waals surface area contributed by atoms with Crippen molar-refractivity contribution in [1.29, 1.82) is 5.41 Å². The highest BCUT2D eigenvalue weighted by Crippen LogP contribution is 2.30. The van der Waals surface area contributed by atoms with E-state index in [9.17, 15) is 18.0 Å². The zero-order valence-electron chi connectivity index (χ0n) is 13.6. The molecule has 134 valence electrons. The summed E-state index contributed by atoms with van der Waals surface area (Å²) in [5.41, 5.74) is 0.387. The fourth-order valence-electron chi connectivity index (χ4n) is 2.57. The number of alkyl halides is 3. The van der Waals surface area contributed by atoms with E-state index in [4.69, 9.17) is 5.41 Å². The summed E-state index contributed by atoms with van der Waals surface area (Å²) in [4.78, 5) is 13.2. The summed E-state index contributed by atoms with van der Waals surface area (Å²) in [6.45, 7) is 0.0297. The van der Waals surface area contributed by atoms with Crippen LogP contribution in [0.2, 0.25) is 0 Å². The molecule has 0 saturated heterocycles. The van der Waals surface area contributed by atoms with Crippen molar-refractivity contribution in [3.8, 4) is 0 Å². The van der Waals surface area contributed by atoms with Crippen LogP contribution in [0, 0.1) is 5.41 Å². The Morgan fingerprint density at radius 2 is 1.81 bits per heavy atom. The molecule has 26 heavy (non-hydrogen) atoms. The first-order chi connectivity index (χ1) is 12.3. The van der Waals surface area contributed by atoms with Crippen molar-refractivity contribution in [3.63, 3.8) is 0 Å². The SMILES string of the molecule is N=c1sc(Cc2cccc(C(F)(F)F)c2)cn1CC(=O)c1ccccc1. The number of ketones is 1. The van der Waals surface area contributed by atoms with Crippen molar-refractivity contribution >= 4 is 17.1 Å². The molecule has 7 heteroatoms. The number of aromatic nitrogens is 1. The van der Waals surface area contributed by atoms with E-state index in [0.717, 1.165) is 28.3 Å². The topological polar surface area (TPSA) is 45.9 Å². The molecule has 1 aromatic heterocycles. The molecule has 3 rings (SSSR count). The lowest BCUT2D eigenvalue weighted by molar-refractivity contribution is -0.137. The van der Waals surface area contributed by atoms with Gasteiger partial charge in [0.15, 0.2) is 10.6 Å². The van der Waals surface area contributed by atoms with Gasteiger partial charge in [-0.15, -0.1) is 11.3 Å². The molecule has 3 aromatic rings. The first-order valence-electron chi connectivity index (χ1n) is 7.81. The van der Waals surface area contributed by atoms with E-state index in [1.807, 2.05) is 6.07 Å². The van der Waals surface area contributed by atoms with E-state index in [1.54, 1.807) is 36.5 Å². The molecule has 0 saturated carbocycles. The Balaban J connectivity index is 1.77. The predicted octanol–water partition coefficient (Wildman–Crippen LogP) is 4.52. The number of carbonyl (C=O) groups is 1. The van der Waals surface area contributed by atoms with E-state index in [-0.39, 0.29) is 23.6 Å². The molecule has 0 atom stereocenters. The molecule has 0 radical (unpaired) electrons. The monoisotopic (exact) mass is 376 g/mol. The zero-order valence-corrected chi connectivity index (χ0v) is 14.4. The summed E-state index contributed by atoms with van der Waals surface area (Å²) < 4.78 is 39.9. The highest BCUT2D eigenvalue weighted by Gasteiger charge is 2.30. The summed E-state index contributed by atoms with van der Waals surface area (Å²) in [5, 5.41) is 8.00. The third-order valence-electron chi connectivity index (χ3n) is 3.83. The van der Waals surface area contributed by atoms with Crippen molar-refractivity contribution in [3.05, 3.63) is 87.2 Å².